The third-order valence-electron chi connectivity index (χ3n) is 5.39. The van der Waals surface area contributed by atoms with Gasteiger partial charge in [-0.05, 0) is 64.8 Å². The van der Waals surface area contributed by atoms with E-state index in [1.807, 2.05) is 27.9 Å². The van der Waals surface area contributed by atoms with Gasteiger partial charge in [-0.25, -0.2) is 4.79 Å². The Balaban J connectivity index is 1.91. The molecule has 2 aliphatic rings. The lowest BCUT2D eigenvalue weighted by atomic mass is 9.97. The largest absolute Gasteiger partial charge is 0.447 e. The molecule has 2 saturated carbocycles. The first-order valence-electron chi connectivity index (χ1n) is 9.18. The lowest BCUT2D eigenvalue weighted by molar-refractivity contribution is -0.0173. The number of rotatable bonds is 8. The number of nitrogens with one attached hydrogen (secondary N) is 1. The smallest absolute Gasteiger partial charge is 0.410 e. The molecule has 5 nitrogen and oxygen atoms in total. The van der Waals surface area contributed by atoms with Crippen molar-refractivity contribution in [2.45, 2.75) is 77.2 Å². The van der Waals surface area contributed by atoms with E-state index in [1.165, 1.54) is 25.7 Å². The van der Waals surface area contributed by atoms with Crippen LogP contribution in [0.1, 0.15) is 52.9 Å². The van der Waals surface area contributed by atoms with Crippen molar-refractivity contribution in [2.24, 2.45) is 11.8 Å². The standard InChI is InChI=1S/C18H34N2O3/c1-6-16(19-4)17(20(5)18(21)23-12(2)3)11-22-15-8-7-13-9-14(13)10-15/h12-17,19H,6-11H2,1-5H3. The Morgan fingerprint density at radius 1 is 1.26 bits per heavy atom. The molecule has 0 aromatic carbocycles. The molecule has 0 heterocycles. The lowest BCUT2D eigenvalue weighted by Crippen LogP contribution is -2.52. The highest BCUT2D eigenvalue weighted by Crippen LogP contribution is 2.50. The summed E-state index contributed by atoms with van der Waals surface area (Å²) in [6, 6.07) is 0.199. The van der Waals surface area contributed by atoms with Crippen molar-refractivity contribution in [1.29, 1.82) is 0 Å². The molecule has 0 radical (unpaired) electrons. The van der Waals surface area contributed by atoms with Gasteiger partial charge in [-0.15, -0.1) is 0 Å². The molecular weight excluding hydrogens is 292 g/mol. The fourth-order valence-electron chi connectivity index (χ4n) is 3.78. The summed E-state index contributed by atoms with van der Waals surface area (Å²) in [4.78, 5) is 14.0. The van der Waals surface area contributed by atoms with Gasteiger partial charge in [-0.2, -0.15) is 0 Å². The second kappa shape index (κ2) is 8.34. The Morgan fingerprint density at radius 2 is 2.00 bits per heavy atom. The minimum atomic E-state index is -0.270. The molecule has 23 heavy (non-hydrogen) atoms. The van der Waals surface area contributed by atoms with Gasteiger partial charge in [0.1, 0.15) is 0 Å². The van der Waals surface area contributed by atoms with E-state index in [1.54, 1.807) is 4.90 Å². The van der Waals surface area contributed by atoms with Crippen LogP contribution in [0.2, 0.25) is 0 Å². The maximum Gasteiger partial charge on any atom is 0.410 e. The Hall–Kier alpha value is -0.810. The van der Waals surface area contributed by atoms with Gasteiger partial charge in [-0.3, -0.25) is 0 Å². The molecule has 0 aromatic heterocycles. The van der Waals surface area contributed by atoms with E-state index in [0.29, 0.717) is 12.7 Å². The molecule has 2 rings (SSSR count). The number of hydrogen-bond acceptors (Lipinski definition) is 4. The average molecular weight is 326 g/mol. The number of ether oxygens (including phenoxy) is 2. The van der Waals surface area contributed by atoms with Crippen LogP contribution in [0, 0.1) is 11.8 Å². The molecule has 0 aliphatic heterocycles. The fourth-order valence-corrected chi connectivity index (χ4v) is 3.78. The van der Waals surface area contributed by atoms with E-state index in [4.69, 9.17) is 9.47 Å². The molecule has 0 aromatic rings. The Morgan fingerprint density at radius 3 is 2.57 bits per heavy atom. The number of hydrogen-bond donors (Lipinski definition) is 1. The normalized spacial score (nSPS) is 28.9. The van der Waals surface area contributed by atoms with Crippen LogP contribution in [0.5, 0.6) is 0 Å². The molecule has 1 N–H and O–H groups in total. The third-order valence-corrected chi connectivity index (χ3v) is 5.39. The molecule has 1 amide bonds. The van der Waals surface area contributed by atoms with Gasteiger partial charge in [0.25, 0.3) is 0 Å². The maximum absolute atomic E-state index is 12.3. The number of fused-ring (bicyclic) bond motifs is 1. The molecule has 5 unspecified atom stereocenters. The van der Waals surface area contributed by atoms with Gasteiger partial charge in [0.05, 0.1) is 24.9 Å². The topological polar surface area (TPSA) is 50.8 Å². The molecule has 5 heteroatoms. The van der Waals surface area contributed by atoms with Crippen molar-refractivity contribution in [3.63, 3.8) is 0 Å². The molecule has 0 bridgehead atoms. The van der Waals surface area contributed by atoms with E-state index >= 15 is 0 Å². The number of amides is 1. The SMILES string of the molecule is CCC(NC)C(COC1CCC2CC2C1)N(C)C(=O)OC(C)C. The van der Waals surface area contributed by atoms with Crippen molar-refractivity contribution in [3.05, 3.63) is 0 Å². The monoisotopic (exact) mass is 326 g/mol. The summed E-state index contributed by atoms with van der Waals surface area (Å²) in [5, 5.41) is 3.32. The van der Waals surface area contributed by atoms with Crippen molar-refractivity contribution in [2.75, 3.05) is 20.7 Å². The zero-order valence-electron chi connectivity index (χ0n) is 15.4. The summed E-state index contributed by atoms with van der Waals surface area (Å²) >= 11 is 0. The summed E-state index contributed by atoms with van der Waals surface area (Å²) in [5.74, 6) is 1.89. The molecule has 2 aliphatic carbocycles. The minimum absolute atomic E-state index is 0.00632. The van der Waals surface area contributed by atoms with Crippen LogP contribution >= 0.6 is 0 Å². The Kier molecular flexibility index (Phi) is 6.72. The molecule has 0 spiro atoms. The summed E-state index contributed by atoms with van der Waals surface area (Å²) in [6.07, 6.45) is 6.02. The maximum atomic E-state index is 12.3. The molecular formula is C18H34N2O3. The lowest BCUT2D eigenvalue weighted by Gasteiger charge is -2.35. The highest BCUT2D eigenvalue weighted by Gasteiger charge is 2.42. The second-order valence-electron chi connectivity index (χ2n) is 7.44. The highest BCUT2D eigenvalue weighted by atomic mass is 16.6. The van der Waals surface area contributed by atoms with Crippen LogP contribution in [0.4, 0.5) is 4.79 Å². The average Bonchev–Trinajstić information content (AvgIpc) is 3.28. The van der Waals surface area contributed by atoms with Gasteiger partial charge in [-0.1, -0.05) is 6.92 Å². The number of carbonyl (C=O) groups is 1. The molecule has 2 fully saturated rings. The van der Waals surface area contributed by atoms with E-state index in [2.05, 4.69) is 12.2 Å². The van der Waals surface area contributed by atoms with Crippen molar-refractivity contribution < 1.29 is 14.3 Å². The van der Waals surface area contributed by atoms with Crippen LogP contribution < -0.4 is 5.32 Å². The first-order chi connectivity index (χ1) is 11.0. The Bertz CT molecular complexity index is 384. The van der Waals surface area contributed by atoms with Crippen molar-refractivity contribution in [3.8, 4) is 0 Å². The zero-order valence-corrected chi connectivity index (χ0v) is 15.4. The van der Waals surface area contributed by atoms with Crippen LogP contribution in [0.15, 0.2) is 0 Å². The summed E-state index contributed by atoms with van der Waals surface area (Å²) in [7, 11) is 3.76. The van der Waals surface area contributed by atoms with Crippen molar-refractivity contribution >= 4 is 6.09 Å². The van der Waals surface area contributed by atoms with E-state index in [-0.39, 0.29) is 24.3 Å². The zero-order chi connectivity index (χ0) is 17.0. The van der Waals surface area contributed by atoms with E-state index in [9.17, 15) is 4.79 Å². The van der Waals surface area contributed by atoms with Crippen LogP contribution in [-0.4, -0.2) is 56.0 Å². The van der Waals surface area contributed by atoms with Crippen molar-refractivity contribution in [1.82, 2.24) is 10.2 Å². The van der Waals surface area contributed by atoms with Gasteiger partial charge in [0.15, 0.2) is 0 Å². The van der Waals surface area contributed by atoms with Crippen LogP contribution in [0.3, 0.4) is 0 Å². The highest BCUT2D eigenvalue weighted by molar-refractivity contribution is 5.68. The summed E-state index contributed by atoms with van der Waals surface area (Å²) < 4.78 is 11.6. The first kappa shape index (κ1) is 18.5. The van der Waals surface area contributed by atoms with E-state index in [0.717, 1.165) is 18.3 Å². The number of nitrogens with zero attached hydrogens (tertiary/aromatic N) is 1. The quantitative estimate of drug-likeness (QED) is 0.745. The third kappa shape index (κ3) is 5.08. The van der Waals surface area contributed by atoms with Crippen LogP contribution in [-0.2, 0) is 9.47 Å². The predicted molar refractivity (Wildman–Crippen MR) is 91.5 cm³/mol. The first-order valence-corrected chi connectivity index (χ1v) is 9.18. The van der Waals surface area contributed by atoms with Crippen LogP contribution in [0.25, 0.3) is 0 Å². The molecule has 0 saturated heterocycles. The number of likely N-dealkylation sites (N-methyl/N-ethyl adjacent to an activating group) is 2. The minimum Gasteiger partial charge on any atom is -0.447 e. The predicted octanol–water partition coefficient (Wildman–Crippen LogP) is 3.04. The molecule has 134 valence electrons. The summed E-state index contributed by atoms with van der Waals surface area (Å²) in [5.41, 5.74) is 0. The number of carbonyl (C=O) groups excluding carboxylic acids is 1. The Labute approximate surface area is 141 Å². The molecule has 5 atom stereocenters. The second-order valence-corrected chi connectivity index (χ2v) is 7.44. The van der Waals surface area contributed by atoms with E-state index < -0.39 is 0 Å². The fraction of sp³-hybridized carbons (Fsp3) is 0.944. The van der Waals surface area contributed by atoms with Gasteiger partial charge in [0, 0.05) is 13.1 Å². The summed E-state index contributed by atoms with van der Waals surface area (Å²) in [6.45, 7) is 6.46. The van der Waals surface area contributed by atoms with Gasteiger partial charge < -0.3 is 19.7 Å². The van der Waals surface area contributed by atoms with Gasteiger partial charge in [0.2, 0.25) is 0 Å². The van der Waals surface area contributed by atoms with Gasteiger partial charge >= 0.3 is 6.09 Å².